The number of aromatic nitrogens is 1. The number of para-hydroxylation sites is 1. The van der Waals surface area contributed by atoms with Gasteiger partial charge in [-0.2, -0.15) is 0 Å². The number of aryl methyl sites for hydroxylation is 1. The second-order valence-electron chi connectivity index (χ2n) is 7.34. The summed E-state index contributed by atoms with van der Waals surface area (Å²) < 4.78 is 1.99. The first-order chi connectivity index (χ1) is 13.5. The van der Waals surface area contributed by atoms with Gasteiger partial charge in [0.1, 0.15) is 5.57 Å². The van der Waals surface area contributed by atoms with E-state index in [4.69, 9.17) is 12.2 Å². The lowest BCUT2D eigenvalue weighted by molar-refractivity contribution is -0.128. The van der Waals surface area contributed by atoms with Crippen molar-refractivity contribution in [1.82, 2.24) is 14.8 Å². The minimum atomic E-state index is -0.434. The second-order valence-corrected chi connectivity index (χ2v) is 7.73. The Labute approximate surface area is 169 Å². The lowest BCUT2D eigenvalue weighted by Crippen LogP contribution is -2.54. The maximum atomic E-state index is 13.0. The minimum absolute atomic E-state index is 0.127. The Morgan fingerprint density at radius 2 is 2.04 bits per heavy atom. The Kier molecular flexibility index (Phi) is 5.13. The number of carbonyl (C=O) groups excluding carboxylic acids is 2. The Morgan fingerprint density at radius 3 is 2.82 bits per heavy atom. The van der Waals surface area contributed by atoms with E-state index >= 15 is 0 Å². The van der Waals surface area contributed by atoms with Crippen LogP contribution < -0.4 is 5.32 Å². The van der Waals surface area contributed by atoms with Gasteiger partial charge < -0.3 is 4.57 Å². The Morgan fingerprint density at radius 1 is 1.21 bits per heavy atom. The van der Waals surface area contributed by atoms with Crippen molar-refractivity contribution in [2.45, 2.75) is 32.1 Å². The molecule has 1 aromatic carbocycles. The van der Waals surface area contributed by atoms with Crippen molar-refractivity contribution in [3.8, 4) is 0 Å². The number of thiocarbonyl (C=S) groups is 1. The van der Waals surface area contributed by atoms with E-state index in [2.05, 4.69) is 11.4 Å². The lowest BCUT2D eigenvalue weighted by Gasteiger charge is -2.29. The Hall–Kier alpha value is -2.73. The molecule has 1 fully saturated rings. The van der Waals surface area contributed by atoms with Crippen molar-refractivity contribution in [2.24, 2.45) is 7.05 Å². The highest BCUT2D eigenvalue weighted by molar-refractivity contribution is 7.80. The molecular formula is C22H23N3O2S. The standard InChI is InChI=1S/C22H23N3O2S/c1-24-14-16(17-9-5-6-10-19(17)24)13-18-20(26)23-22(28)25(21(18)27)12-11-15-7-3-2-4-8-15/h5-7,9-10,13-14H,2-4,8,11-12H2,1H3,(H,23,26,28)/b18-13+. The third-order valence-electron chi connectivity index (χ3n) is 5.45. The van der Waals surface area contributed by atoms with Gasteiger partial charge in [-0.15, -0.1) is 0 Å². The third-order valence-corrected chi connectivity index (χ3v) is 5.78. The van der Waals surface area contributed by atoms with Crippen LogP contribution in [0.2, 0.25) is 0 Å². The van der Waals surface area contributed by atoms with Crippen LogP contribution in [0.4, 0.5) is 0 Å². The summed E-state index contributed by atoms with van der Waals surface area (Å²) in [6.07, 6.45) is 11.3. The maximum Gasteiger partial charge on any atom is 0.265 e. The summed E-state index contributed by atoms with van der Waals surface area (Å²) in [5.41, 5.74) is 3.40. The van der Waals surface area contributed by atoms with Crippen molar-refractivity contribution in [2.75, 3.05) is 6.54 Å². The average molecular weight is 394 g/mol. The summed E-state index contributed by atoms with van der Waals surface area (Å²) >= 11 is 5.27. The quantitative estimate of drug-likeness (QED) is 0.373. The van der Waals surface area contributed by atoms with E-state index in [1.807, 2.05) is 42.1 Å². The van der Waals surface area contributed by atoms with E-state index in [9.17, 15) is 9.59 Å². The Balaban J connectivity index is 1.61. The molecule has 1 aliphatic heterocycles. The van der Waals surface area contributed by atoms with Gasteiger partial charge in [0.25, 0.3) is 11.8 Å². The van der Waals surface area contributed by atoms with Crippen LogP contribution in [0.1, 0.15) is 37.7 Å². The molecule has 1 aromatic heterocycles. The molecule has 2 aliphatic rings. The molecule has 1 N–H and O–H groups in total. The molecule has 2 aromatic rings. The van der Waals surface area contributed by atoms with Crippen LogP contribution in [0.5, 0.6) is 0 Å². The van der Waals surface area contributed by atoms with Gasteiger partial charge in [-0.1, -0.05) is 29.8 Å². The monoisotopic (exact) mass is 393 g/mol. The average Bonchev–Trinajstić information content (AvgIpc) is 3.02. The highest BCUT2D eigenvalue weighted by atomic mass is 32.1. The smallest absolute Gasteiger partial charge is 0.265 e. The van der Waals surface area contributed by atoms with Crippen LogP contribution >= 0.6 is 12.2 Å². The van der Waals surface area contributed by atoms with Crippen LogP contribution in [-0.4, -0.2) is 32.9 Å². The van der Waals surface area contributed by atoms with Gasteiger partial charge in [0.15, 0.2) is 5.11 Å². The molecule has 0 radical (unpaired) electrons. The van der Waals surface area contributed by atoms with Gasteiger partial charge in [0.05, 0.1) is 0 Å². The number of hydrogen-bond acceptors (Lipinski definition) is 3. The summed E-state index contributed by atoms with van der Waals surface area (Å²) in [5.74, 6) is -0.755. The van der Waals surface area contributed by atoms with Gasteiger partial charge in [0.2, 0.25) is 0 Å². The molecule has 5 nitrogen and oxygen atoms in total. The maximum absolute atomic E-state index is 13.0. The fourth-order valence-corrected chi connectivity index (χ4v) is 4.19. The number of carbonyl (C=O) groups is 2. The summed E-state index contributed by atoms with van der Waals surface area (Å²) in [6.45, 7) is 0.497. The summed E-state index contributed by atoms with van der Waals surface area (Å²) in [5, 5.41) is 3.88. The first kappa shape index (κ1) is 18.6. The van der Waals surface area contributed by atoms with E-state index in [0.717, 1.165) is 35.7 Å². The van der Waals surface area contributed by atoms with E-state index in [-0.39, 0.29) is 16.6 Å². The molecule has 0 bridgehead atoms. The number of nitrogens with one attached hydrogen (secondary N) is 1. The number of amides is 2. The van der Waals surface area contributed by atoms with Crippen molar-refractivity contribution in [3.05, 3.63) is 53.2 Å². The van der Waals surface area contributed by atoms with Crippen molar-refractivity contribution >= 4 is 46.1 Å². The molecule has 0 spiro atoms. The van der Waals surface area contributed by atoms with Gasteiger partial charge >= 0.3 is 0 Å². The largest absolute Gasteiger partial charge is 0.350 e. The molecule has 2 heterocycles. The molecule has 28 heavy (non-hydrogen) atoms. The first-order valence-corrected chi connectivity index (χ1v) is 10.1. The highest BCUT2D eigenvalue weighted by Gasteiger charge is 2.33. The van der Waals surface area contributed by atoms with E-state index < -0.39 is 5.91 Å². The van der Waals surface area contributed by atoms with Gasteiger partial charge in [-0.25, -0.2) is 0 Å². The highest BCUT2D eigenvalue weighted by Crippen LogP contribution is 2.25. The number of allylic oxidation sites excluding steroid dienone is 1. The molecule has 1 aliphatic carbocycles. The van der Waals surface area contributed by atoms with E-state index in [0.29, 0.717) is 6.54 Å². The molecule has 0 unspecified atom stereocenters. The molecule has 0 atom stereocenters. The van der Waals surface area contributed by atoms with Crippen LogP contribution in [-0.2, 0) is 16.6 Å². The van der Waals surface area contributed by atoms with Crippen LogP contribution in [0.15, 0.2) is 47.7 Å². The van der Waals surface area contributed by atoms with Gasteiger partial charge in [0, 0.05) is 36.3 Å². The number of benzene rings is 1. The first-order valence-electron chi connectivity index (χ1n) is 9.65. The third kappa shape index (κ3) is 3.52. The molecule has 0 saturated carbocycles. The van der Waals surface area contributed by atoms with Crippen molar-refractivity contribution in [1.29, 1.82) is 0 Å². The predicted molar refractivity (Wildman–Crippen MR) is 115 cm³/mol. The molecule has 4 rings (SSSR count). The number of nitrogens with zero attached hydrogens (tertiary/aromatic N) is 2. The van der Waals surface area contributed by atoms with Crippen molar-refractivity contribution in [3.63, 3.8) is 0 Å². The van der Waals surface area contributed by atoms with E-state index in [1.165, 1.54) is 23.3 Å². The van der Waals surface area contributed by atoms with Gasteiger partial charge in [-0.3, -0.25) is 19.8 Å². The molecule has 144 valence electrons. The lowest BCUT2D eigenvalue weighted by atomic mass is 9.97. The SMILES string of the molecule is Cn1cc(/C=C2\C(=O)NC(=S)N(CCC3=CCCCC3)C2=O)c2ccccc21. The van der Waals surface area contributed by atoms with Crippen LogP contribution in [0.3, 0.4) is 0 Å². The topological polar surface area (TPSA) is 54.3 Å². The summed E-state index contributed by atoms with van der Waals surface area (Å²) in [4.78, 5) is 27.0. The number of rotatable bonds is 4. The normalized spacial score (nSPS) is 19.3. The number of fused-ring (bicyclic) bond motifs is 1. The summed E-state index contributed by atoms with van der Waals surface area (Å²) in [7, 11) is 1.95. The fourth-order valence-electron chi connectivity index (χ4n) is 3.93. The van der Waals surface area contributed by atoms with Crippen LogP contribution in [0, 0.1) is 0 Å². The molecule has 1 saturated heterocycles. The zero-order valence-corrected chi connectivity index (χ0v) is 16.7. The molecule has 2 amide bonds. The zero-order valence-electron chi connectivity index (χ0n) is 15.9. The Bertz CT molecular complexity index is 1030. The second kappa shape index (κ2) is 7.72. The van der Waals surface area contributed by atoms with Crippen LogP contribution in [0.25, 0.3) is 17.0 Å². The summed E-state index contributed by atoms with van der Waals surface area (Å²) in [6, 6.07) is 7.93. The molecule has 6 heteroatoms. The zero-order chi connectivity index (χ0) is 19.7. The molecular weight excluding hydrogens is 370 g/mol. The van der Waals surface area contributed by atoms with Crippen molar-refractivity contribution < 1.29 is 9.59 Å². The minimum Gasteiger partial charge on any atom is -0.350 e. The van der Waals surface area contributed by atoms with E-state index in [1.54, 1.807) is 6.08 Å². The predicted octanol–water partition coefficient (Wildman–Crippen LogP) is 3.70. The fraction of sp³-hybridized carbons (Fsp3) is 0.318. The number of hydrogen-bond donors (Lipinski definition) is 1. The van der Waals surface area contributed by atoms with Gasteiger partial charge in [-0.05, 0) is 56.5 Å².